The van der Waals surface area contributed by atoms with Gasteiger partial charge in [0.2, 0.25) is 15.9 Å². The molecule has 1 N–H and O–H groups in total. The molecule has 0 unspecified atom stereocenters. The Bertz CT molecular complexity index is 1360. The number of anilines is 2. The van der Waals surface area contributed by atoms with Gasteiger partial charge >= 0.3 is 0 Å². The Morgan fingerprint density at radius 3 is 2.17 bits per heavy atom. The van der Waals surface area contributed by atoms with Crippen molar-refractivity contribution < 1.29 is 27.5 Å². The molecule has 3 aromatic carbocycles. The Kier molecular flexibility index (Phi) is 8.44. The van der Waals surface area contributed by atoms with Crippen molar-refractivity contribution in [2.75, 3.05) is 43.6 Å². The summed E-state index contributed by atoms with van der Waals surface area (Å²) in [6, 6.07) is 17.6. The van der Waals surface area contributed by atoms with Crippen molar-refractivity contribution in [1.82, 2.24) is 4.90 Å². The second-order valence-electron chi connectivity index (χ2n) is 7.96. The lowest BCUT2D eigenvalue weighted by molar-refractivity contribution is -0.114. The smallest absolute Gasteiger partial charge is 0.253 e. The number of benzene rings is 3. The molecule has 0 aliphatic carbocycles. The zero-order valence-corrected chi connectivity index (χ0v) is 21.8. The summed E-state index contributed by atoms with van der Waals surface area (Å²) < 4.78 is 37.2. The van der Waals surface area contributed by atoms with Crippen LogP contribution in [0.15, 0.2) is 66.7 Å². The van der Waals surface area contributed by atoms with Crippen LogP contribution in [0, 0.1) is 0 Å². The van der Waals surface area contributed by atoms with Gasteiger partial charge in [-0.15, -0.1) is 0 Å². The van der Waals surface area contributed by atoms with Crippen LogP contribution in [0.25, 0.3) is 0 Å². The molecule has 0 atom stereocenters. The van der Waals surface area contributed by atoms with Crippen molar-refractivity contribution in [2.45, 2.75) is 0 Å². The molecular formula is C25H26ClN3O6S. The summed E-state index contributed by atoms with van der Waals surface area (Å²) in [6.45, 7) is -0.513. The fraction of sp³-hybridized carbons (Fsp3) is 0.200. The molecule has 3 aromatic rings. The maximum absolute atomic E-state index is 12.9. The van der Waals surface area contributed by atoms with Crippen LogP contribution in [0.3, 0.4) is 0 Å². The lowest BCUT2D eigenvalue weighted by atomic mass is 10.2. The van der Waals surface area contributed by atoms with Crippen molar-refractivity contribution in [3.8, 4) is 17.2 Å². The maximum Gasteiger partial charge on any atom is 0.253 e. The van der Waals surface area contributed by atoms with Gasteiger partial charge in [0.05, 0.1) is 24.7 Å². The minimum Gasteiger partial charge on any atom is -0.493 e. The van der Waals surface area contributed by atoms with Crippen molar-refractivity contribution >= 4 is 44.8 Å². The highest BCUT2D eigenvalue weighted by Gasteiger charge is 2.22. The van der Waals surface area contributed by atoms with E-state index in [2.05, 4.69) is 5.32 Å². The summed E-state index contributed by atoms with van der Waals surface area (Å²) in [5, 5.41) is 3.02. The number of amides is 2. The summed E-state index contributed by atoms with van der Waals surface area (Å²) in [5.41, 5.74) is 0.872. The Labute approximate surface area is 215 Å². The number of halogens is 1. The molecule has 0 saturated heterocycles. The molecule has 0 spiro atoms. The minimum absolute atomic E-state index is 0.228. The predicted octanol–water partition coefficient (Wildman–Crippen LogP) is 4.25. The highest BCUT2D eigenvalue weighted by Crippen LogP contribution is 2.36. The average molecular weight is 532 g/mol. The third-order valence-electron chi connectivity index (χ3n) is 5.00. The largest absolute Gasteiger partial charge is 0.493 e. The van der Waals surface area contributed by atoms with E-state index in [1.807, 2.05) is 0 Å². The molecule has 190 valence electrons. The summed E-state index contributed by atoms with van der Waals surface area (Å²) in [5.74, 6) is 0.344. The molecule has 9 nitrogen and oxygen atoms in total. The van der Waals surface area contributed by atoms with Gasteiger partial charge in [-0.25, -0.2) is 8.42 Å². The number of rotatable bonds is 9. The second-order valence-corrected chi connectivity index (χ2v) is 10.3. The maximum atomic E-state index is 12.9. The second kappa shape index (κ2) is 11.3. The Balaban J connectivity index is 1.84. The fourth-order valence-corrected chi connectivity index (χ4v) is 4.29. The topological polar surface area (TPSA) is 105 Å². The van der Waals surface area contributed by atoms with E-state index in [1.54, 1.807) is 50.5 Å². The predicted molar refractivity (Wildman–Crippen MR) is 140 cm³/mol. The van der Waals surface area contributed by atoms with E-state index >= 15 is 0 Å². The van der Waals surface area contributed by atoms with E-state index < -0.39 is 22.5 Å². The van der Waals surface area contributed by atoms with Crippen LogP contribution in [0.5, 0.6) is 17.2 Å². The van der Waals surface area contributed by atoms with E-state index in [0.29, 0.717) is 22.1 Å². The first kappa shape index (κ1) is 26.8. The Hall–Kier alpha value is -3.76. The number of hydrogen-bond donors (Lipinski definition) is 1. The lowest BCUT2D eigenvalue weighted by Crippen LogP contribution is -2.37. The normalized spacial score (nSPS) is 10.9. The van der Waals surface area contributed by atoms with Crippen LogP contribution in [0.2, 0.25) is 5.02 Å². The lowest BCUT2D eigenvalue weighted by Gasteiger charge is -2.23. The zero-order valence-electron chi connectivity index (χ0n) is 20.2. The van der Waals surface area contributed by atoms with Gasteiger partial charge < -0.3 is 19.7 Å². The summed E-state index contributed by atoms with van der Waals surface area (Å²) in [6.07, 6.45) is 0.995. The average Bonchev–Trinajstić information content (AvgIpc) is 2.83. The molecule has 3 rings (SSSR count). The molecule has 36 heavy (non-hydrogen) atoms. The molecule has 2 amide bonds. The van der Waals surface area contributed by atoms with E-state index in [0.717, 1.165) is 10.6 Å². The van der Waals surface area contributed by atoms with Crippen LogP contribution >= 0.6 is 11.6 Å². The van der Waals surface area contributed by atoms with Gasteiger partial charge in [-0.3, -0.25) is 13.9 Å². The number of nitrogens with one attached hydrogen (secondary N) is 1. The highest BCUT2D eigenvalue weighted by molar-refractivity contribution is 7.92. The number of nitrogens with zero attached hydrogens (tertiary/aromatic N) is 2. The van der Waals surface area contributed by atoms with Crippen LogP contribution in [-0.2, 0) is 14.8 Å². The van der Waals surface area contributed by atoms with Gasteiger partial charge in [-0.1, -0.05) is 23.7 Å². The number of carbonyl (C=O) groups is 2. The van der Waals surface area contributed by atoms with Gasteiger partial charge in [0.1, 0.15) is 6.54 Å². The molecule has 0 bridgehead atoms. The molecule has 0 aromatic heterocycles. The van der Waals surface area contributed by atoms with E-state index in [4.69, 9.17) is 21.1 Å². The molecule has 0 aliphatic rings. The van der Waals surface area contributed by atoms with Crippen molar-refractivity contribution in [1.29, 1.82) is 0 Å². The van der Waals surface area contributed by atoms with Crippen LogP contribution in [-0.4, -0.2) is 59.1 Å². The SMILES string of the molecule is COc1ccccc1Oc1ccc(Cl)cc1NC(=O)CN(c1ccc(C(=O)N(C)C)cc1)S(C)(=O)=O. The monoisotopic (exact) mass is 531 g/mol. The molecule has 0 fully saturated rings. The molecular weight excluding hydrogens is 506 g/mol. The van der Waals surface area contributed by atoms with Crippen molar-refractivity contribution in [2.24, 2.45) is 0 Å². The minimum atomic E-state index is -3.83. The molecule has 0 saturated carbocycles. The Morgan fingerprint density at radius 2 is 1.58 bits per heavy atom. The number of ether oxygens (including phenoxy) is 2. The standard InChI is InChI=1S/C25H26ClN3O6S/c1-28(2)25(31)17-9-12-19(13-10-17)29(36(4,32)33)16-24(30)27-20-15-18(26)11-14-21(20)35-23-8-6-5-7-22(23)34-3/h5-15H,16H2,1-4H3,(H,27,30). The molecule has 0 heterocycles. The number of sulfonamides is 1. The van der Waals surface area contributed by atoms with E-state index in [-0.39, 0.29) is 23.0 Å². The molecule has 11 heteroatoms. The van der Waals surface area contributed by atoms with Gasteiger partial charge in [0, 0.05) is 24.7 Å². The first-order valence-electron chi connectivity index (χ1n) is 10.7. The molecule has 0 radical (unpaired) electrons. The van der Waals surface area contributed by atoms with Crippen molar-refractivity contribution in [3.63, 3.8) is 0 Å². The van der Waals surface area contributed by atoms with Crippen molar-refractivity contribution in [3.05, 3.63) is 77.3 Å². The Morgan fingerprint density at radius 1 is 0.944 bits per heavy atom. The zero-order chi connectivity index (χ0) is 26.5. The third kappa shape index (κ3) is 6.67. The number of methoxy groups -OCH3 is 1. The quantitative estimate of drug-likeness (QED) is 0.442. The summed E-state index contributed by atoms with van der Waals surface area (Å²) >= 11 is 6.13. The number of carbonyl (C=O) groups excluding carboxylic acids is 2. The first-order chi connectivity index (χ1) is 17.0. The van der Waals surface area contributed by atoms with Crippen LogP contribution in [0.4, 0.5) is 11.4 Å². The van der Waals surface area contributed by atoms with Gasteiger partial charge in [-0.2, -0.15) is 0 Å². The van der Waals surface area contributed by atoms with Crippen LogP contribution < -0.4 is 19.1 Å². The number of para-hydroxylation sites is 2. The van der Waals surface area contributed by atoms with Gasteiger partial charge in [0.25, 0.3) is 5.91 Å². The first-order valence-corrected chi connectivity index (χ1v) is 12.9. The van der Waals surface area contributed by atoms with E-state index in [1.165, 1.54) is 42.3 Å². The molecule has 0 aliphatic heterocycles. The highest BCUT2D eigenvalue weighted by atomic mass is 35.5. The third-order valence-corrected chi connectivity index (χ3v) is 6.38. The van der Waals surface area contributed by atoms with Crippen LogP contribution in [0.1, 0.15) is 10.4 Å². The van der Waals surface area contributed by atoms with Gasteiger partial charge in [0.15, 0.2) is 17.2 Å². The summed E-state index contributed by atoms with van der Waals surface area (Å²) in [4.78, 5) is 26.5. The number of hydrogen-bond acceptors (Lipinski definition) is 6. The van der Waals surface area contributed by atoms with Gasteiger partial charge in [-0.05, 0) is 54.6 Å². The fourth-order valence-electron chi connectivity index (χ4n) is 3.26. The summed E-state index contributed by atoms with van der Waals surface area (Å²) in [7, 11) is 0.914. The van der Waals surface area contributed by atoms with E-state index in [9.17, 15) is 18.0 Å².